The highest BCUT2D eigenvalue weighted by Crippen LogP contribution is 2.19. The average Bonchev–Trinajstić information content (AvgIpc) is 2.89. The van der Waals surface area contributed by atoms with E-state index in [0.29, 0.717) is 12.5 Å². The first kappa shape index (κ1) is 13.3. The minimum Gasteiger partial charge on any atom is -0.300 e. The van der Waals surface area contributed by atoms with Crippen molar-refractivity contribution in [1.82, 2.24) is 4.90 Å². The van der Waals surface area contributed by atoms with Gasteiger partial charge in [-0.05, 0) is 43.1 Å². The Bertz CT molecular complexity index is 620. The number of Topliss-reactive ketones (excluding diaryl/α,β-unsaturated/α-hetero) is 1. The van der Waals surface area contributed by atoms with E-state index in [2.05, 4.69) is 24.0 Å². The first-order valence-corrected chi connectivity index (χ1v) is 7.50. The number of nitrogens with zero attached hydrogens (tertiary/aromatic N) is 1. The van der Waals surface area contributed by atoms with Gasteiger partial charge in [-0.2, -0.15) is 0 Å². The van der Waals surface area contributed by atoms with Crippen molar-refractivity contribution in [1.29, 1.82) is 0 Å². The fraction of sp³-hybridized carbons (Fsp3) is 0.389. The molecule has 1 saturated heterocycles. The Labute approximate surface area is 120 Å². The molecule has 0 spiro atoms. The van der Waals surface area contributed by atoms with Crippen LogP contribution >= 0.6 is 0 Å². The lowest BCUT2D eigenvalue weighted by Gasteiger charge is -2.20. The van der Waals surface area contributed by atoms with Crippen molar-refractivity contribution in [2.45, 2.75) is 32.2 Å². The molecule has 2 heteroatoms. The fourth-order valence-corrected chi connectivity index (χ4v) is 3.08. The molecular weight excluding hydrogens is 246 g/mol. The molecule has 2 nitrogen and oxygen atoms in total. The molecule has 3 rings (SSSR count). The third-order valence-corrected chi connectivity index (χ3v) is 4.39. The van der Waals surface area contributed by atoms with Gasteiger partial charge in [0.15, 0.2) is 5.78 Å². The van der Waals surface area contributed by atoms with Gasteiger partial charge in [0, 0.05) is 24.6 Å². The van der Waals surface area contributed by atoms with E-state index >= 15 is 0 Å². The molecule has 0 N–H and O–H groups in total. The van der Waals surface area contributed by atoms with E-state index in [4.69, 9.17) is 0 Å². The number of ketones is 1. The summed E-state index contributed by atoms with van der Waals surface area (Å²) >= 11 is 0. The van der Waals surface area contributed by atoms with E-state index in [9.17, 15) is 4.79 Å². The van der Waals surface area contributed by atoms with Crippen molar-refractivity contribution in [3.8, 4) is 0 Å². The van der Waals surface area contributed by atoms with Crippen LogP contribution in [0, 0.1) is 0 Å². The number of likely N-dealkylation sites (tertiary alicyclic amines) is 1. The molecular formula is C18H21NO. The van der Waals surface area contributed by atoms with Crippen LogP contribution in [0.25, 0.3) is 10.8 Å². The number of carbonyl (C=O) groups is 1. The van der Waals surface area contributed by atoms with E-state index in [-0.39, 0.29) is 5.78 Å². The third kappa shape index (κ3) is 2.75. The Hall–Kier alpha value is -1.67. The van der Waals surface area contributed by atoms with E-state index in [1.165, 1.54) is 18.2 Å². The highest BCUT2D eigenvalue weighted by molar-refractivity contribution is 6.00. The quantitative estimate of drug-likeness (QED) is 0.783. The Morgan fingerprint density at radius 2 is 2.00 bits per heavy atom. The smallest absolute Gasteiger partial charge is 0.164 e. The minimum atomic E-state index is 0.259. The van der Waals surface area contributed by atoms with Gasteiger partial charge in [-0.3, -0.25) is 4.79 Å². The molecule has 0 radical (unpaired) electrons. The molecule has 0 aromatic heterocycles. The van der Waals surface area contributed by atoms with Crippen LogP contribution in [0.5, 0.6) is 0 Å². The maximum absolute atomic E-state index is 12.3. The van der Waals surface area contributed by atoms with Crippen molar-refractivity contribution in [3.63, 3.8) is 0 Å². The molecule has 20 heavy (non-hydrogen) atoms. The zero-order valence-corrected chi connectivity index (χ0v) is 12.0. The van der Waals surface area contributed by atoms with Crippen LogP contribution in [0.4, 0.5) is 0 Å². The first-order valence-electron chi connectivity index (χ1n) is 7.50. The SMILES string of the molecule is CC1CCCN1CCC(=O)c1ccc2ccccc2c1. The molecule has 104 valence electrons. The van der Waals surface area contributed by atoms with Crippen LogP contribution in [0.3, 0.4) is 0 Å². The summed E-state index contributed by atoms with van der Waals surface area (Å²) < 4.78 is 0. The maximum Gasteiger partial charge on any atom is 0.164 e. The number of hydrogen-bond acceptors (Lipinski definition) is 2. The normalized spacial score (nSPS) is 19.6. The Kier molecular flexibility index (Phi) is 3.83. The van der Waals surface area contributed by atoms with Crippen LogP contribution in [-0.2, 0) is 0 Å². The number of fused-ring (bicyclic) bond motifs is 1. The van der Waals surface area contributed by atoms with Crippen molar-refractivity contribution < 1.29 is 4.79 Å². The molecule has 1 heterocycles. The van der Waals surface area contributed by atoms with Crippen molar-refractivity contribution >= 4 is 16.6 Å². The molecule has 2 aromatic carbocycles. The topological polar surface area (TPSA) is 20.3 Å². The second-order valence-electron chi connectivity index (χ2n) is 5.76. The summed E-state index contributed by atoms with van der Waals surface area (Å²) in [7, 11) is 0. The molecule has 0 amide bonds. The summed E-state index contributed by atoms with van der Waals surface area (Å²) in [6, 6.07) is 14.8. The molecule has 0 bridgehead atoms. The maximum atomic E-state index is 12.3. The Balaban J connectivity index is 1.69. The largest absolute Gasteiger partial charge is 0.300 e. The second-order valence-corrected chi connectivity index (χ2v) is 5.76. The molecule has 1 atom stereocenters. The fourth-order valence-electron chi connectivity index (χ4n) is 3.08. The molecule has 1 aliphatic heterocycles. The third-order valence-electron chi connectivity index (χ3n) is 4.39. The van der Waals surface area contributed by atoms with Gasteiger partial charge in [0.1, 0.15) is 0 Å². The summed E-state index contributed by atoms with van der Waals surface area (Å²) in [5.41, 5.74) is 0.843. The van der Waals surface area contributed by atoms with Gasteiger partial charge >= 0.3 is 0 Å². The number of hydrogen-bond donors (Lipinski definition) is 0. The van der Waals surface area contributed by atoms with Gasteiger partial charge in [-0.25, -0.2) is 0 Å². The summed E-state index contributed by atoms with van der Waals surface area (Å²) in [6.07, 6.45) is 3.16. The lowest BCUT2D eigenvalue weighted by Crippen LogP contribution is -2.29. The zero-order chi connectivity index (χ0) is 13.9. The van der Waals surface area contributed by atoms with Gasteiger partial charge in [0.2, 0.25) is 0 Å². The summed E-state index contributed by atoms with van der Waals surface area (Å²) in [5, 5.41) is 2.34. The average molecular weight is 267 g/mol. The minimum absolute atomic E-state index is 0.259. The Morgan fingerprint density at radius 1 is 1.20 bits per heavy atom. The highest BCUT2D eigenvalue weighted by Gasteiger charge is 2.20. The number of rotatable bonds is 4. The molecule has 0 saturated carbocycles. The van der Waals surface area contributed by atoms with Crippen molar-refractivity contribution in [2.75, 3.05) is 13.1 Å². The van der Waals surface area contributed by atoms with Gasteiger partial charge in [-0.1, -0.05) is 36.4 Å². The van der Waals surface area contributed by atoms with Crippen LogP contribution in [-0.4, -0.2) is 29.8 Å². The van der Waals surface area contributed by atoms with E-state index in [1.807, 2.05) is 30.3 Å². The van der Waals surface area contributed by atoms with Gasteiger partial charge in [0.05, 0.1) is 0 Å². The molecule has 2 aromatic rings. The van der Waals surface area contributed by atoms with E-state index in [0.717, 1.165) is 24.0 Å². The standard InChI is InChI=1S/C18H21NO/c1-14-5-4-11-19(14)12-10-18(20)17-9-8-15-6-2-3-7-16(15)13-17/h2-3,6-9,13-14H,4-5,10-12H2,1H3. The highest BCUT2D eigenvalue weighted by atomic mass is 16.1. The molecule has 1 aliphatic rings. The predicted molar refractivity (Wildman–Crippen MR) is 83.2 cm³/mol. The summed E-state index contributed by atoms with van der Waals surface area (Å²) in [5.74, 6) is 0.259. The number of carbonyl (C=O) groups excluding carboxylic acids is 1. The molecule has 1 unspecified atom stereocenters. The lowest BCUT2D eigenvalue weighted by molar-refractivity contribution is 0.0963. The van der Waals surface area contributed by atoms with Gasteiger partial charge < -0.3 is 4.90 Å². The summed E-state index contributed by atoms with van der Waals surface area (Å²) in [4.78, 5) is 14.8. The number of benzene rings is 2. The predicted octanol–water partition coefficient (Wildman–Crippen LogP) is 3.90. The van der Waals surface area contributed by atoms with Crippen LogP contribution in [0.1, 0.15) is 36.5 Å². The van der Waals surface area contributed by atoms with Crippen LogP contribution < -0.4 is 0 Å². The molecule has 1 fully saturated rings. The summed E-state index contributed by atoms with van der Waals surface area (Å²) in [6.45, 7) is 4.30. The van der Waals surface area contributed by atoms with Crippen LogP contribution in [0.2, 0.25) is 0 Å². The van der Waals surface area contributed by atoms with Crippen molar-refractivity contribution in [2.24, 2.45) is 0 Å². The lowest BCUT2D eigenvalue weighted by atomic mass is 10.0. The Morgan fingerprint density at radius 3 is 2.75 bits per heavy atom. The first-order chi connectivity index (χ1) is 9.74. The van der Waals surface area contributed by atoms with Gasteiger partial charge in [-0.15, -0.1) is 0 Å². The van der Waals surface area contributed by atoms with Crippen molar-refractivity contribution in [3.05, 3.63) is 48.0 Å². The van der Waals surface area contributed by atoms with Crippen LogP contribution in [0.15, 0.2) is 42.5 Å². The van der Waals surface area contributed by atoms with E-state index in [1.54, 1.807) is 0 Å². The molecule has 0 aliphatic carbocycles. The monoisotopic (exact) mass is 267 g/mol. The second kappa shape index (κ2) is 5.76. The zero-order valence-electron chi connectivity index (χ0n) is 12.0. The van der Waals surface area contributed by atoms with E-state index < -0.39 is 0 Å². The van der Waals surface area contributed by atoms with Gasteiger partial charge in [0.25, 0.3) is 0 Å².